The molecule has 0 aromatic heterocycles. The zero-order valence-corrected chi connectivity index (χ0v) is 11.9. The van der Waals surface area contributed by atoms with E-state index < -0.39 is 24.9 Å². The lowest BCUT2D eigenvalue weighted by Crippen LogP contribution is -2.45. The summed E-state index contributed by atoms with van der Waals surface area (Å²) in [6.07, 6.45) is 0.626. The molecule has 0 amide bonds. The number of hydrogen-bond donors (Lipinski definition) is 0. The van der Waals surface area contributed by atoms with Gasteiger partial charge in [-0.1, -0.05) is 29.8 Å². The summed E-state index contributed by atoms with van der Waals surface area (Å²) < 4.78 is 10.2. The fourth-order valence-electron chi connectivity index (χ4n) is 2.09. The molecule has 110 valence electrons. The number of rotatable bonds is 3. The molecular formula is C14H16BNO5. The highest BCUT2D eigenvalue weighted by atomic mass is 16.6. The normalized spacial score (nSPS) is 18.3. The van der Waals surface area contributed by atoms with E-state index in [1.54, 1.807) is 19.2 Å². The molecule has 1 atom stereocenters. The number of aldehydes is 1. The number of hydrogen-bond acceptors (Lipinski definition) is 6. The summed E-state index contributed by atoms with van der Waals surface area (Å²) in [5.41, 5.74) is 1.67. The summed E-state index contributed by atoms with van der Waals surface area (Å²) in [6.45, 7) is 1.88. The van der Waals surface area contributed by atoms with Crippen LogP contribution >= 0.6 is 0 Å². The van der Waals surface area contributed by atoms with Crippen LogP contribution in [-0.2, 0) is 23.7 Å². The van der Waals surface area contributed by atoms with Crippen LogP contribution in [0.3, 0.4) is 0 Å². The SMILES string of the molecule is Cc1ccc(C(C=O)B2OC(=O)CN(C)CC(=O)O2)cc1. The summed E-state index contributed by atoms with van der Waals surface area (Å²) in [4.78, 5) is 36.3. The number of nitrogens with zero attached hydrogens (tertiary/aromatic N) is 1. The zero-order valence-electron chi connectivity index (χ0n) is 11.9. The van der Waals surface area contributed by atoms with Crippen LogP contribution in [0.5, 0.6) is 0 Å². The highest BCUT2D eigenvalue weighted by Crippen LogP contribution is 2.20. The van der Waals surface area contributed by atoms with Crippen molar-refractivity contribution in [2.45, 2.75) is 12.7 Å². The third kappa shape index (κ3) is 3.92. The van der Waals surface area contributed by atoms with Gasteiger partial charge in [0.15, 0.2) is 0 Å². The zero-order chi connectivity index (χ0) is 15.4. The van der Waals surface area contributed by atoms with Crippen molar-refractivity contribution < 1.29 is 23.7 Å². The first-order chi connectivity index (χ1) is 9.99. The van der Waals surface area contributed by atoms with Crippen molar-refractivity contribution in [3.63, 3.8) is 0 Å². The van der Waals surface area contributed by atoms with Gasteiger partial charge in [-0.2, -0.15) is 0 Å². The molecular weight excluding hydrogens is 273 g/mol. The fourth-order valence-corrected chi connectivity index (χ4v) is 2.09. The Kier molecular flexibility index (Phi) is 4.75. The molecule has 0 bridgehead atoms. The molecule has 0 saturated carbocycles. The Labute approximate surface area is 123 Å². The molecule has 0 radical (unpaired) electrons. The molecule has 1 saturated heterocycles. The van der Waals surface area contributed by atoms with Crippen LogP contribution in [0.4, 0.5) is 0 Å². The number of carbonyl (C=O) groups excluding carboxylic acids is 3. The van der Waals surface area contributed by atoms with E-state index in [2.05, 4.69) is 0 Å². The van der Waals surface area contributed by atoms with Gasteiger partial charge in [0.1, 0.15) is 12.1 Å². The van der Waals surface area contributed by atoms with E-state index in [4.69, 9.17) is 9.31 Å². The van der Waals surface area contributed by atoms with Crippen LogP contribution in [0.2, 0.25) is 0 Å². The second-order valence-electron chi connectivity index (χ2n) is 5.09. The van der Waals surface area contributed by atoms with Crippen LogP contribution in [-0.4, -0.2) is 50.4 Å². The molecule has 1 unspecified atom stereocenters. The van der Waals surface area contributed by atoms with Crippen molar-refractivity contribution >= 4 is 25.3 Å². The Hall–Kier alpha value is -2.15. The van der Waals surface area contributed by atoms with Gasteiger partial charge in [0.25, 0.3) is 0 Å². The average molecular weight is 289 g/mol. The molecule has 1 heterocycles. The largest absolute Gasteiger partial charge is 0.614 e. The Balaban J connectivity index is 2.22. The molecule has 2 rings (SSSR count). The predicted molar refractivity (Wildman–Crippen MR) is 75.4 cm³/mol. The van der Waals surface area contributed by atoms with Crippen LogP contribution in [0.1, 0.15) is 16.9 Å². The van der Waals surface area contributed by atoms with E-state index >= 15 is 0 Å². The first-order valence-corrected chi connectivity index (χ1v) is 6.59. The van der Waals surface area contributed by atoms with Crippen LogP contribution in [0.25, 0.3) is 0 Å². The molecule has 1 fully saturated rings. The third-order valence-corrected chi connectivity index (χ3v) is 3.20. The molecule has 1 aliphatic heterocycles. The van der Waals surface area contributed by atoms with E-state index in [9.17, 15) is 14.4 Å². The highest BCUT2D eigenvalue weighted by Gasteiger charge is 2.40. The molecule has 1 aromatic rings. The van der Waals surface area contributed by atoms with E-state index in [1.165, 1.54) is 4.90 Å². The predicted octanol–water partition coefficient (Wildman–Crippen LogP) is 0.337. The Morgan fingerprint density at radius 3 is 2.14 bits per heavy atom. The van der Waals surface area contributed by atoms with E-state index in [0.717, 1.165) is 5.56 Å². The van der Waals surface area contributed by atoms with Crippen molar-refractivity contribution in [1.29, 1.82) is 0 Å². The Morgan fingerprint density at radius 2 is 1.67 bits per heavy atom. The minimum atomic E-state index is -1.22. The van der Waals surface area contributed by atoms with Crippen molar-refractivity contribution in [3.05, 3.63) is 35.4 Å². The monoisotopic (exact) mass is 289 g/mol. The van der Waals surface area contributed by atoms with Gasteiger partial charge in [0.05, 0.1) is 13.1 Å². The molecule has 6 nitrogen and oxygen atoms in total. The fraction of sp³-hybridized carbons (Fsp3) is 0.357. The van der Waals surface area contributed by atoms with Gasteiger partial charge in [0.2, 0.25) is 0 Å². The molecule has 7 heteroatoms. The van der Waals surface area contributed by atoms with Gasteiger partial charge >= 0.3 is 19.1 Å². The maximum absolute atomic E-state index is 11.7. The minimum absolute atomic E-state index is 0.0227. The highest BCUT2D eigenvalue weighted by molar-refractivity contribution is 6.54. The van der Waals surface area contributed by atoms with Gasteiger partial charge in [-0.15, -0.1) is 0 Å². The molecule has 1 aliphatic rings. The maximum Gasteiger partial charge on any atom is 0.614 e. The van der Waals surface area contributed by atoms with Crippen molar-refractivity contribution in [2.75, 3.05) is 20.1 Å². The summed E-state index contributed by atoms with van der Waals surface area (Å²) in [5, 5.41) is 0. The van der Waals surface area contributed by atoms with Crippen LogP contribution < -0.4 is 0 Å². The van der Waals surface area contributed by atoms with Crippen molar-refractivity contribution in [3.8, 4) is 0 Å². The first-order valence-electron chi connectivity index (χ1n) is 6.59. The quantitative estimate of drug-likeness (QED) is 0.590. The van der Waals surface area contributed by atoms with E-state index in [-0.39, 0.29) is 13.1 Å². The van der Waals surface area contributed by atoms with Gasteiger partial charge in [-0.3, -0.25) is 14.5 Å². The summed E-state index contributed by atoms with van der Waals surface area (Å²) in [5.74, 6) is -1.90. The topological polar surface area (TPSA) is 72.9 Å². The minimum Gasteiger partial charge on any atom is -0.498 e. The van der Waals surface area contributed by atoms with Gasteiger partial charge in [-0.25, -0.2) is 0 Å². The average Bonchev–Trinajstić information content (AvgIpc) is 2.39. The Morgan fingerprint density at radius 1 is 1.14 bits per heavy atom. The van der Waals surface area contributed by atoms with Gasteiger partial charge in [0, 0.05) is 0 Å². The van der Waals surface area contributed by atoms with Gasteiger partial charge < -0.3 is 14.1 Å². The molecule has 0 spiro atoms. The summed E-state index contributed by atoms with van der Waals surface area (Å²) >= 11 is 0. The standard InChI is InChI=1S/C14H16BNO5/c1-10-3-5-11(6-4-10)12(9-17)15-20-13(18)7-16(2)8-14(19)21-15/h3-6,9,12H,7-8H2,1-2H3. The smallest absolute Gasteiger partial charge is 0.498 e. The lowest BCUT2D eigenvalue weighted by Gasteiger charge is -2.25. The van der Waals surface area contributed by atoms with E-state index in [1.807, 2.05) is 19.1 Å². The first kappa shape index (κ1) is 15.2. The van der Waals surface area contributed by atoms with E-state index in [0.29, 0.717) is 11.8 Å². The number of carbonyl (C=O) groups is 3. The lowest BCUT2D eigenvalue weighted by molar-refractivity contribution is -0.145. The number of benzene rings is 1. The van der Waals surface area contributed by atoms with Crippen LogP contribution in [0, 0.1) is 6.92 Å². The third-order valence-electron chi connectivity index (χ3n) is 3.20. The summed E-state index contributed by atoms with van der Waals surface area (Å²) in [6, 6.07) is 7.18. The Bertz CT molecular complexity index is 525. The lowest BCUT2D eigenvalue weighted by atomic mass is 9.68. The second kappa shape index (κ2) is 6.54. The molecule has 1 aromatic carbocycles. The number of aryl methyl sites for hydroxylation is 1. The molecule has 0 aliphatic carbocycles. The number of likely N-dealkylation sites (N-methyl/N-ethyl adjacent to an activating group) is 1. The second-order valence-corrected chi connectivity index (χ2v) is 5.09. The summed E-state index contributed by atoms with van der Waals surface area (Å²) in [7, 11) is 0.388. The van der Waals surface area contributed by atoms with Crippen LogP contribution in [0.15, 0.2) is 24.3 Å². The molecule has 0 N–H and O–H groups in total. The van der Waals surface area contributed by atoms with Crippen molar-refractivity contribution in [1.82, 2.24) is 4.90 Å². The molecule has 21 heavy (non-hydrogen) atoms. The van der Waals surface area contributed by atoms with Gasteiger partial charge in [-0.05, 0) is 19.5 Å². The van der Waals surface area contributed by atoms with Crippen molar-refractivity contribution in [2.24, 2.45) is 0 Å². The maximum atomic E-state index is 11.7.